The van der Waals surface area contributed by atoms with Crippen molar-refractivity contribution in [3.63, 3.8) is 0 Å². The lowest BCUT2D eigenvalue weighted by atomic mass is 10.2. The molecule has 0 unspecified atom stereocenters. The summed E-state index contributed by atoms with van der Waals surface area (Å²) in [6, 6.07) is 3.43. The second kappa shape index (κ2) is 7.34. The lowest BCUT2D eigenvalue weighted by Gasteiger charge is -2.11. The van der Waals surface area contributed by atoms with Crippen LogP contribution in [0.4, 0.5) is 0 Å². The predicted molar refractivity (Wildman–Crippen MR) is 93.0 cm³/mol. The van der Waals surface area contributed by atoms with Crippen LogP contribution in [0.1, 0.15) is 22.2 Å². The molecule has 0 fully saturated rings. The van der Waals surface area contributed by atoms with E-state index in [9.17, 15) is 4.79 Å². The third-order valence-electron chi connectivity index (χ3n) is 3.88. The van der Waals surface area contributed by atoms with Crippen LogP contribution < -0.4 is 19.5 Å². The summed E-state index contributed by atoms with van der Waals surface area (Å²) in [5.41, 5.74) is 1.01. The van der Waals surface area contributed by atoms with Gasteiger partial charge in [0.25, 0.3) is 5.91 Å². The molecule has 26 heavy (non-hydrogen) atoms. The molecule has 0 radical (unpaired) electrons. The van der Waals surface area contributed by atoms with E-state index >= 15 is 0 Å². The molecule has 0 atom stereocenters. The number of methoxy groups -OCH3 is 3. The Balaban J connectivity index is 1.82. The van der Waals surface area contributed by atoms with Crippen molar-refractivity contribution in [2.24, 2.45) is 0 Å². The van der Waals surface area contributed by atoms with Gasteiger partial charge in [-0.2, -0.15) is 4.98 Å². The van der Waals surface area contributed by atoms with Crippen LogP contribution in [0.2, 0.25) is 0 Å². The van der Waals surface area contributed by atoms with Crippen molar-refractivity contribution in [1.82, 2.24) is 20.4 Å². The van der Waals surface area contributed by atoms with E-state index in [0.29, 0.717) is 53.1 Å². The van der Waals surface area contributed by atoms with Crippen LogP contribution in [0.15, 0.2) is 16.7 Å². The molecule has 0 aliphatic rings. The molecule has 1 amide bonds. The Morgan fingerprint density at radius 1 is 1.19 bits per heavy atom. The molecule has 0 aliphatic carbocycles. The Labute approximate surface area is 149 Å². The van der Waals surface area contributed by atoms with Gasteiger partial charge in [-0.15, -0.1) is 0 Å². The third-order valence-corrected chi connectivity index (χ3v) is 3.88. The number of benzene rings is 1. The molecular weight excluding hydrogens is 340 g/mol. The maximum absolute atomic E-state index is 12.4. The summed E-state index contributed by atoms with van der Waals surface area (Å²) in [4.78, 5) is 19.6. The molecule has 2 heterocycles. The number of aromatic nitrogens is 3. The number of aryl methyl sites for hydroxylation is 1. The van der Waals surface area contributed by atoms with Gasteiger partial charge in [-0.05, 0) is 13.0 Å². The van der Waals surface area contributed by atoms with E-state index in [4.69, 9.17) is 18.7 Å². The molecule has 9 heteroatoms. The van der Waals surface area contributed by atoms with Crippen LogP contribution in [0, 0.1) is 6.92 Å². The molecule has 0 saturated heterocycles. The van der Waals surface area contributed by atoms with Gasteiger partial charge in [-0.1, -0.05) is 5.16 Å². The smallest absolute Gasteiger partial charge is 0.267 e. The first-order valence-electron chi connectivity index (χ1n) is 7.96. The maximum Gasteiger partial charge on any atom is 0.267 e. The Hall–Kier alpha value is -3.23. The van der Waals surface area contributed by atoms with Gasteiger partial charge in [-0.25, -0.2) is 0 Å². The Morgan fingerprint density at radius 2 is 1.96 bits per heavy atom. The van der Waals surface area contributed by atoms with E-state index in [1.807, 2.05) is 0 Å². The van der Waals surface area contributed by atoms with Crippen molar-refractivity contribution in [3.05, 3.63) is 29.5 Å². The molecule has 138 valence electrons. The summed E-state index contributed by atoms with van der Waals surface area (Å²) >= 11 is 0. The number of carbonyl (C=O) groups excluding carboxylic acids is 1. The summed E-state index contributed by atoms with van der Waals surface area (Å²) in [6.45, 7) is 2.11. The number of H-pyrrole nitrogens is 1. The minimum atomic E-state index is -0.263. The van der Waals surface area contributed by atoms with Crippen molar-refractivity contribution >= 4 is 16.8 Å². The van der Waals surface area contributed by atoms with Crippen molar-refractivity contribution in [2.75, 3.05) is 27.9 Å². The minimum Gasteiger partial charge on any atom is -0.496 e. The Morgan fingerprint density at radius 3 is 2.58 bits per heavy atom. The van der Waals surface area contributed by atoms with Crippen molar-refractivity contribution < 1.29 is 23.5 Å². The predicted octanol–water partition coefficient (Wildman–Crippen LogP) is 1.86. The average molecular weight is 360 g/mol. The van der Waals surface area contributed by atoms with Gasteiger partial charge < -0.3 is 29.0 Å². The first-order valence-corrected chi connectivity index (χ1v) is 7.96. The average Bonchev–Trinajstić information content (AvgIpc) is 3.26. The van der Waals surface area contributed by atoms with E-state index in [1.165, 1.54) is 7.11 Å². The highest BCUT2D eigenvalue weighted by atomic mass is 16.5. The molecule has 2 aromatic heterocycles. The first kappa shape index (κ1) is 17.6. The number of nitrogens with zero attached hydrogens (tertiary/aromatic N) is 2. The Kier molecular flexibility index (Phi) is 4.97. The highest BCUT2D eigenvalue weighted by Gasteiger charge is 2.19. The number of hydrogen-bond acceptors (Lipinski definition) is 7. The number of ether oxygens (including phenoxy) is 3. The fraction of sp³-hybridized carbons (Fsp3) is 0.353. The molecule has 0 aliphatic heterocycles. The number of carbonyl (C=O) groups is 1. The van der Waals surface area contributed by atoms with Crippen molar-refractivity contribution in [1.29, 1.82) is 0 Å². The van der Waals surface area contributed by atoms with Crippen LogP contribution >= 0.6 is 0 Å². The van der Waals surface area contributed by atoms with E-state index in [2.05, 4.69) is 20.4 Å². The quantitative estimate of drug-likeness (QED) is 0.661. The van der Waals surface area contributed by atoms with E-state index in [1.54, 1.807) is 33.3 Å². The molecule has 0 spiro atoms. The van der Waals surface area contributed by atoms with E-state index in [-0.39, 0.29) is 5.91 Å². The summed E-state index contributed by atoms with van der Waals surface area (Å²) in [5, 5.41) is 7.25. The van der Waals surface area contributed by atoms with Crippen LogP contribution in [0.25, 0.3) is 10.9 Å². The van der Waals surface area contributed by atoms with Crippen molar-refractivity contribution in [2.45, 2.75) is 13.3 Å². The van der Waals surface area contributed by atoms with Gasteiger partial charge in [0.05, 0.1) is 26.8 Å². The van der Waals surface area contributed by atoms with Gasteiger partial charge in [-0.3, -0.25) is 4.79 Å². The van der Waals surface area contributed by atoms with Gasteiger partial charge in [0.15, 0.2) is 17.3 Å². The SMILES string of the molecule is COc1cc(OC)c2cc(C(=O)NCCc3nc(C)no3)[nH]c2c1OC. The largest absolute Gasteiger partial charge is 0.496 e. The van der Waals surface area contributed by atoms with Gasteiger partial charge in [0, 0.05) is 24.4 Å². The molecule has 3 aromatic rings. The topological polar surface area (TPSA) is 112 Å². The Bertz CT molecular complexity index is 931. The molecule has 2 N–H and O–H groups in total. The van der Waals surface area contributed by atoms with Crippen molar-refractivity contribution in [3.8, 4) is 17.2 Å². The van der Waals surface area contributed by atoms with E-state index in [0.717, 1.165) is 5.39 Å². The number of nitrogens with one attached hydrogen (secondary N) is 2. The van der Waals surface area contributed by atoms with E-state index < -0.39 is 0 Å². The lowest BCUT2D eigenvalue weighted by Crippen LogP contribution is -2.26. The summed E-state index contributed by atoms with van der Waals surface area (Å²) in [7, 11) is 4.63. The molecule has 0 saturated carbocycles. The lowest BCUT2D eigenvalue weighted by molar-refractivity contribution is 0.0949. The third kappa shape index (κ3) is 3.28. The second-order valence-corrected chi connectivity index (χ2v) is 5.53. The highest BCUT2D eigenvalue weighted by Crippen LogP contribution is 2.41. The fourth-order valence-corrected chi connectivity index (χ4v) is 2.68. The van der Waals surface area contributed by atoms with Crippen LogP contribution in [0.5, 0.6) is 17.2 Å². The maximum atomic E-state index is 12.4. The second-order valence-electron chi connectivity index (χ2n) is 5.53. The minimum absolute atomic E-state index is 0.263. The van der Waals surface area contributed by atoms with Crippen LogP contribution in [0.3, 0.4) is 0 Å². The summed E-state index contributed by atoms with van der Waals surface area (Å²) in [5.74, 6) is 2.37. The van der Waals surface area contributed by atoms with Gasteiger partial charge >= 0.3 is 0 Å². The molecule has 9 nitrogen and oxygen atoms in total. The monoisotopic (exact) mass is 360 g/mol. The normalized spacial score (nSPS) is 10.8. The summed E-state index contributed by atoms with van der Waals surface area (Å²) < 4.78 is 21.1. The standard InChI is InChI=1S/C17H20N4O5/c1-9-19-14(26-21-9)5-6-18-17(22)11-7-10-12(23-2)8-13(24-3)16(25-4)15(10)20-11/h7-8,20H,5-6H2,1-4H3,(H,18,22). The first-order chi connectivity index (χ1) is 12.6. The number of hydrogen-bond donors (Lipinski definition) is 2. The molecule has 3 rings (SSSR count). The molecule has 1 aromatic carbocycles. The number of rotatable bonds is 7. The molecule has 0 bridgehead atoms. The number of fused-ring (bicyclic) bond motifs is 1. The fourth-order valence-electron chi connectivity index (χ4n) is 2.68. The zero-order chi connectivity index (χ0) is 18.7. The zero-order valence-corrected chi connectivity index (χ0v) is 15.0. The van der Waals surface area contributed by atoms with Crippen LogP contribution in [-0.2, 0) is 6.42 Å². The van der Waals surface area contributed by atoms with Gasteiger partial charge in [0.1, 0.15) is 11.4 Å². The molecular formula is C17H20N4O5. The highest BCUT2D eigenvalue weighted by molar-refractivity contribution is 6.02. The van der Waals surface area contributed by atoms with Gasteiger partial charge in [0.2, 0.25) is 5.89 Å². The number of aromatic amines is 1. The zero-order valence-electron chi connectivity index (χ0n) is 15.0. The number of amides is 1. The van der Waals surface area contributed by atoms with Crippen LogP contribution in [-0.4, -0.2) is 48.9 Å². The summed E-state index contributed by atoms with van der Waals surface area (Å²) in [6.07, 6.45) is 0.452.